The molecular weight excluding hydrogens is 388 g/mol. The van der Waals surface area contributed by atoms with Crippen molar-refractivity contribution >= 4 is 11.0 Å². The summed E-state index contributed by atoms with van der Waals surface area (Å²) in [6.45, 7) is 3.96. The summed E-state index contributed by atoms with van der Waals surface area (Å²) >= 11 is 0. The van der Waals surface area contributed by atoms with Crippen LogP contribution in [0, 0.1) is 0 Å². The lowest BCUT2D eigenvalue weighted by molar-refractivity contribution is 0.273. The van der Waals surface area contributed by atoms with Crippen LogP contribution in [0.1, 0.15) is 24.7 Å². The Morgan fingerprint density at radius 2 is 1.58 bits per heavy atom. The van der Waals surface area contributed by atoms with E-state index in [9.17, 15) is 0 Å². The zero-order chi connectivity index (χ0) is 21.5. The first-order valence-corrected chi connectivity index (χ1v) is 10.7. The molecule has 0 aliphatic carbocycles. The summed E-state index contributed by atoms with van der Waals surface area (Å²) in [5.41, 5.74) is 3.39. The first-order valence-electron chi connectivity index (χ1n) is 10.7. The molecule has 0 fully saturated rings. The summed E-state index contributed by atoms with van der Waals surface area (Å²) in [5.74, 6) is 3.28. The molecule has 4 rings (SSSR count). The number of rotatable bonds is 10. The third-order valence-electron chi connectivity index (χ3n) is 5.29. The van der Waals surface area contributed by atoms with Crippen LogP contribution in [0.5, 0.6) is 17.2 Å². The van der Waals surface area contributed by atoms with Crippen molar-refractivity contribution in [1.29, 1.82) is 0 Å². The molecule has 0 saturated heterocycles. The molecule has 31 heavy (non-hydrogen) atoms. The van der Waals surface area contributed by atoms with Crippen molar-refractivity contribution in [1.82, 2.24) is 9.55 Å². The molecule has 160 valence electrons. The van der Waals surface area contributed by atoms with Gasteiger partial charge in [0, 0.05) is 6.54 Å². The van der Waals surface area contributed by atoms with Crippen LogP contribution in [0.3, 0.4) is 0 Å². The van der Waals surface area contributed by atoms with E-state index < -0.39 is 0 Å². The Hall–Kier alpha value is -3.47. The van der Waals surface area contributed by atoms with Crippen LogP contribution in [-0.2, 0) is 19.6 Å². The van der Waals surface area contributed by atoms with Gasteiger partial charge in [0.2, 0.25) is 0 Å². The van der Waals surface area contributed by atoms with Crippen molar-refractivity contribution in [2.75, 3.05) is 13.7 Å². The number of aromatic nitrogens is 2. The second-order valence-corrected chi connectivity index (χ2v) is 7.31. The van der Waals surface area contributed by atoms with Gasteiger partial charge < -0.3 is 18.8 Å². The monoisotopic (exact) mass is 416 g/mol. The van der Waals surface area contributed by atoms with Gasteiger partial charge in [0.1, 0.15) is 18.2 Å². The normalized spacial score (nSPS) is 10.9. The lowest BCUT2D eigenvalue weighted by atomic mass is 10.2. The van der Waals surface area contributed by atoms with Crippen LogP contribution < -0.4 is 14.2 Å². The van der Waals surface area contributed by atoms with Crippen molar-refractivity contribution in [2.24, 2.45) is 0 Å². The quantitative estimate of drug-likeness (QED) is 0.313. The van der Waals surface area contributed by atoms with Crippen LogP contribution in [0.4, 0.5) is 0 Å². The van der Waals surface area contributed by atoms with Gasteiger partial charge >= 0.3 is 0 Å². The van der Waals surface area contributed by atoms with Gasteiger partial charge in [-0.1, -0.05) is 43.3 Å². The van der Waals surface area contributed by atoms with Crippen LogP contribution in [0.25, 0.3) is 11.0 Å². The number of benzene rings is 3. The van der Waals surface area contributed by atoms with E-state index in [4.69, 9.17) is 19.2 Å². The molecule has 0 amide bonds. The highest BCUT2D eigenvalue weighted by Gasteiger charge is 2.11. The summed E-state index contributed by atoms with van der Waals surface area (Å²) in [5, 5.41) is 0. The van der Waals surface area contributed by atoms with E-state index in [1.807, 2.05) is 54.6 Å². The molecule has 0 unspecified atom stereocenters. The summed E-state index contributed by atoms with van der Waals surface area (Å²) < 4.78 is 19.6. The van der Waals surface area contributed by atoms with E-state index in [1.165, 1.54) is 5.56 Å². The molecular formula is C26H28N2O3. The van der Waals surface area contributed by atoms with Crippen molar-refractivity contribution in [3.63, 3.8) is 0 Å². The molecule has 0 spiro atoms. The van der Waals surface area contributed by atoms with Crippen LogP contribution in [0.2, 0.25) is 0 Å². The largest absolute Gasteiger partial charge is 0.493 e. The number of hydrogen-bond acceptors (Lipinski definition) is 4. The third-order valence-corrected chi connectivity index (χ3v) is 5.29. The number of fused-ring (bicyclic) bond motifs is 1. The Balaban J connectivity index is 1.43. The van der Waals surface area contributed by atoms with Gasteiger partial charge in [0.25, 0.3) is 0 Å². The second kappa shape index (κ2) is 10.0. The molecule has 1 heterocycles. The minimum absolute atomic E-state index is 0.424. The maximum Gasteiger partial charge on any atom is 0.161 e. The minimum atomic E-state index is 0.424. The number of aryl methyl sites for hydroxylation is 2. The highest BCUT2D eigenvalue weighted by Crippen LogP contribution is 2.26. The summed E-state index contributed by atoms with van der Waals surface area (Å²) in [7, 11) is 1.65. The molecule has 5 nitrogen and oxygen atoms in total. The fourth-order valence-electron chi connectivity index (χ4n) is 3.60. The van der Waals surface area contributed by atoms with Gasteiger partial charge in [0.05, 0.1) is 24.8 Å². The average Bonchev–Trinajstić information content (AvgIpc) is 3.18. The summed E-state index contributed by atoms with van der Waals surface area (Å²) in [6.07, 6.45) is 1.86. The van der Waals surface area contributed by atoms with E-state index in [-0.39, 0.29) is 0 Å². The third kappa shape index (κ3) is 5.00. The number of hydrogen-bond donors (Lipinski definition) is 0. The summed E-state index contributed by atoms with van der Waals surface area (Å²) in [6, 6.07) is 24.2. The number of ether oxygens (including phenoxy) is 3. The van der Waals surface area contributed by atoms with Gasteiger partial charge in [-0.15, -0.1) is 0 Å². The predicted molar refractivity (Wildman–Crippen MR) is 123 cm³/mol. The molecule has 0 radical (unpaired) electrons. The number of para-hydroxylation sites is 4. The fourth-order valence-corrected chi connectivity index (χ4v) is 3.60. The lowest BCUT2D eigenvalue weighted by Gasteiger charge is -2.13. The highest BCUT2D eigenvalue weighted by molar-refractivity contribution is 5.75. The minimum Gasteiger partial charge on any atom is -0.493 e. The van der Waals surface area contributed by atoms with E-state index in [2.05, 4.69) is 29.7 Å². The molecule has 1 aromatic heterocycles. The van der Waals surface area contributed by atoms with E-state index in [1.54, 1.807) is 7.11 Å². The van der Waals surface area contributed by atoms with Crippen molar-refractivity contribution < 1.29 is 14.2 Å². The average molecular weight is 417 g/mol. The molecule has 0 bridgehead atoms. The van der Waals surface area contributed by atoms with Crippen molar-refractivity contribution in [3.8, 4) is 17.2 Å². The van der Waals surface area contributed by atoms with Gasteiger partial charge in [-0.05, 0) is 54.8 Å². The van der Waals surface area contributed by atoms with E-state index >= 15 is 0 Å². The van der Waals surface area contributed by atoms with Crippen LogP contribution in [0.15, 0.2) is 72.8 Å². The molecule has 4 aromatic rings. The van der Waals surface area contributed by atoms with Gasteiger partial charge in [0.15, 0.2) is 11.5 Å². The molecule has 0 saturated carbocycles. The topological polar surface area (TPSA) is 45.5 Å². The van der Waals surface area contributed by atoms with E-state index in [0.29, 0.717) is 13.2 Å². The summed E-state index contributed by atoms with van der Waals surface area (Å²) in [4.78, 5) is 4.80. The lowest BCUT2D eigenvalue weighted by Crippen LogP contribution is -2.10. The van der Waals surface area contributed by atoms with Crippen molar-refractivity contribution in [3.05, 3.63) is 84.2 Å². The Labute approximate surface area is 183 Å². The number of nitrogens with zero attached hydrogens (tertiary/aromatic N) is 2. The zero-order valence-corrected chi connectivity index (χ0v) is 18.1. The smallest absolute Gasteiger partial charge is 0.161 e. The number of methoxy groups -OCH3 is 1. The molecule has 0 aliphatic rings. The zero-order valence-electron chi connectivity index (χ0n) is 18.1. The van der Waals surface area contributed by atoms with Gasteiger partial charge in [-0.3, -0.25) is 0 Å². The first-order chi connectivity index (χ1) is 15.3. The molecule has 0 N–H and O–H groups in total. The highest BCUT2D eigenvalue weighted by atomic mass is 16.5. The van der Waals surface area contributed by atoms with Crippen LogP contribution in [-0.4, -0.2) is 23.3 Å². The first kappa shape index (κ1) is 20.8. The molecule has 3 aromatic carbocycles. The molecule has 0 atom stereocenters. The SMILES string of the molecule is CCc1ccc(OCc2nc3ccccc3n2CCCOc2ccccc2OC)cc1. The van der Waals surface area contributed by atoms with Crippen molar-refractivity contribution in [2.45, 2.75) is 32.9 Å². The Morgan fingerprint density at radius 3 is 2.35 bits per heavy atom. The van der Waals surface area contributed by atoms with E-state index in [0.717, 1.165) is 53.5 Å². The van der Waals surface area contributed by atoms with Gasteiger partial charge in [-0.2, -0.15) is 0 Å². The molecule has 0 aliphatic heterocycles. The Bertz CT molecular complexity index is 1120. The predicted octanol–water partition coefficient (Wildman–Crippen LogP) is 5.66. The Morgan fingerprint density at radius 1 is 0.839 bits per heavy atom. The fraction of sp³-hybridized carbons (Fsp3) is 0.269. The van der Waals surface area contributed by atoms with Gasteiger partial charge in [-0.25, -0.2) is 4.98 Å². The maximum absolute atomic E-state index is 6.04. The molecule has 5 heteroatoms. The maximum atomic E-state index is 6.04. The standard InChI is InChI=1S/C26H28N2O3/c1-3-20-13-15-21(16-14-20)31-19-26-27-22-9-4-5-10-23(22)28(26)17-8-18-30-25-12-7-6-11-24(25)29-2/h4-7,9-16H,3,8,17-19H2,1-2H3. The second-order valence-electron chi connectivity index (χ2n) is 7.31. The van der Waals surface area contributed by atoms with Crippen LogP contribution >= 0.6 is 0 Å². The Kier molecular flexibility index (Phi) is 6.72. The number of imidazole rings is 1.